The summed E-state index contributed by atoms with van der Waals surface area (Å²) >= 11 is 6.66. The Labute approximate surface area is 233 Å². The number of anilines is 3. The number of aromatic nitrogens is 4. The zero-order valence-electron chi connectivity index (χ0n) is 22.5. The average molecular weight is 545 g/mol. The largest absolute Gasteiger partial charge is 0.369 e. The lowest BCUT2D eigenvalue weighted by Crippen LogP contribution is -2.44. The van der Waals surface area contributed by atoms with E-state index in [1.54, 1.807) is 12.3 Å². The Morgan fingerprint density at radius 3 is 2.74 bits per heavy atom. The van der Waals surface area contributed by atoms with Crippen molar-refractivity contribution < 1.29 is 4.79 Å². The Kier molecular flexibility index (Phi) is 8.21. The number of piperazine rings is 1. The molecule has 0 radical (unpaired) electrons. The summed E-state index contributed by atoms with van der Waals surface area (Å²) in [5.74, 6) is 0.463. The van der Waals surface area contributed by atoms with Gasteiger partial charge in [-0.2, -0.15) is 10.1 Å². The molecule has 9 nitrogen and oxygen atoms in total. The van der Waals surface area contributed by atoms with Gasteiger partial charge >= 0.3 is 0 Å². The number of hydrogen-bond donors (Lipinski definition) is 2. The van der Waals surface area contributed by atoms with Gasteiger partial charge in [0.1, 0.15) is 0 Å². The van der Waals surface area contributed by atoms with E-state index in [2.05, 4.69) is 49.5 Å². The number of carbonyl (C=O) groups is 1. The van der Waals surface area contributed by atoms with Crippen LogP contribution in [0.25, 0.3) is 22.3 Å². The van der Waals surface area contributed by atoms with Crippen LogP contribution in [-0.2, 0) is 11.2 Å². The molecule has 39 heavy (non-hydrogen) atoms. The molecule has 2 N–H and O–H groups in total. The maximum absolute atomic E-state index is 12.5. The molecule has 202 valence electrons. The van der Waals surface area contributed by atoms with E-state index in [9.17, 15) is 4.79 Å². The maximum atomic E-state index is 12.5. The molecule has 0 aliphatic carbocycles. The summed E-state index contributed by atoms with van der Waals surface area (Å²) in [6, 6.07) is 13.9. The highest BCUT2D eigenvalue weighted by atomic mass is 35.5. The van der Waals surface area contributed by atoms with E-state index in [4.69, 9.17) is 16.6 Å². The molecule has 10 heteroatoms. The van der Waals surface area contributed by atoms with E-state index in [0.717, 1.165) is 54.1 Å². The molecule has 4 aromatic rings. The van der Waals surface area contributed by atoms with Crippen LogP contribution in [0.4, 0.5) is 17.3 Å². The van der Waals surface area contributed by atoms with E-state index in [0.29, 0.717) is 28.9 Å². The summed E-state index contributed by atoms with van der Waals surface area (Å²) in [7, 11) is 6.08. The van der Waals surface area contributed by atoms with E-state index >= 15 is 0 Å². The van der Waals surface area contributed by atoms with Crippen molar-refractivity contribution in [2.24, 2.45) is 0 Å². The van der Waals surface area contributed by atoms with Crippen LogP contribution in [0.2, 0.25) is 5.02 Å². The zero-order chi connectivity index (χ0) is 27.4. The van der Waals surface area contributed by atoms with Crippen LogP contribution < -0.4 is 10.2 Å². The van der Waals surface area contributed by atoms with Gasteiger partial charge in [-0.05, 0) is 63.1 Å². The number of ketones is 1. The van der Waals surface area contributed by atoms with Crippen molar-refractivity contribution in [3.8, 4) is 11.3 Å². The number of allylic oxidation sites excluding steroid dienone is 1. The Morgan fingerprint density at radius 2 is 1.95 bits per heavy atom. The number of nitrogens with zero attached hydrogens (tertiary/aromatic N) is 6. The lowest BCUT2D eigenvalue weighted by molar-refractivity contribution is -0.114. The predicted molar refractivity (Wildman–Crippen MR) is 158 cm³/mol. The molecule has 1 aliphatic heterocycles. The first-order valence-corrected chi connectivity index (χ1v) is 13.4. The summed E-state index contributed by atoms with van der Waals surface area (Å²) in [6.07, 6.45) is 5.47. The van der Waals surface area contributed by atoms with Crippen molar-refractivity contribution in [3.05, 3.63) is 71.4 Å². The second-order valence-electron chi connectivity index (χ2n) is 10.1. The Balaban J connectivity index is 1.42. The highest BCUT2D eigenvalue weighted by Crippen LogP contribution is 2.33. The van der Waals surface area contributed by atoms with Crippen molar-refractivity contribution in [2.75, 3.05) is 64.1 Å². The minimum Gasteiger partial charge on any atom is -0.369 e. The standard InChI is InChI=1S/C29H33ClN8O/c1-36(2)11-5-8-23(39)16-20-9-10-26(30)24(17-20)27-25-19-31-35-28(25)34-29(33-27)32-21-6-4-7-22(18-21)38-14-12-37(3)13-15-38/h4-10,17-19H,11-16H2,1-3H3,(H2,31,32,33,34,35)/b8-5+. The maximum Gasteiger partial charge on any atom is 0.229 e. The van der Waals surface area contributed by atoms with Crippen LogP contribution >= 0.6 is 11.6 Å². The highest BCUT2D eigenvalue weighted by molar-refractivity contribution is 6.33. The van der Waals surface area contributed by atoms with Crippen LogP contribution in [0.5, 0.6) is 0 Å². The third kappa shape index (κ3) is 6.62. The SMILES string of the molecule is CN(C)C/C=C/C(=O)Cc1ccc(Cl)c(-c2nc(Nc3cccc(N4CCN(C)CC4)c3)nc3[nH]ncc23)c1. The number of aromatic amines is 1. The minimum absolute atomic E-state index is 0.0313. The third-order valence-corrected chi connectivity index (χ3v) is 7.05. The normalized spacial score (nSPS) is 14.5. The van der Waals surface area contributed by atoms with Gasteiger partial charge in [0.25, 0.3) is 0 Å². The summed E-state index contributed by atoms with van der Waals surface area (Å²) < 4.78 is 0. The van der Waals surface area contributed by atoms with Gasteiger partial charge in [0.05, 0.1) is 22.3 Å². The minimum atomic E-state index is 0.0313. The topological polar surface area (TPSA) is 93.3 Å². The fourth-order valence-electron chi connectivity index (χ4n) is 4.59. The fourth-order valence-corrected chi connectivity index (χ4v) is 4.80. The number of rotatable bonds is 9. The van der Waals surface area contributed by atoms with Crippen LogP contribution in [0, 0.1) is 0 Å². The second-order valence-corrected chi connectivity index (χ2v) is 10.5. The predicted octanol–water partition coefficient (Wildman–Crippen LogP) is 4.40. The molecular formula is C29H33ClN8O. The van der Waals surface area contributed by atoms with Gasteiger partial charge in [0.15, 0.2) is 11.4 Å². The zero-order valence-corrected chi connectivity index (χ0v) is 23.2. The van der Waals surface area contributed by atoms with Gasteiger partial charge in [-0.3, -0.25) is 9.89 Å². The monoisotopic (exact) mass is 544 g/mol. The first-order valence-electron chi connectivity index (χ1n) is 13.0. The van der Waals surface area contributed by atoms with Gasteiger partial charge < -0.3 is 20.0 Å². The van der Waals surface area contributed by atoms with Crippen molar-refractivity contribution in [2.45, 2.75) is 6.42 Å². The fraction of sp³-hybridized carbons (Fsp3) is 0.310. The molecule has 0 saturated carbocycles. The molecule has 0 spiro atoms. The Morgan fingerprint density at radius 1 is 1.13 bits per heavy atom. The van der Waals surface area contributed by atoms with Crippen LogP contribution in [0.15, 0.2) is 60.8 Å². The van der Waals surface area contributed by atoms with E-state index in [-0.39, 0.29) is 12.2 Å². The number of benzene rings is 2. The van der Waals surface area contributed by atoms with Gasteiger partial charge in [-0.15, -0.1) is 0 Å². The molecule has 1 saturated heterocycles. The second kappa shape index (κ2) is 11.9. The summed E-state index contributed by atoms with van der Waals surface area (Å²) in [6.45, 7) is 4.77. The van der Waals surface area contributed by atoms with Gasteiger partial charge in [-0.1, -0.05) is 29.8 Å². The molecule has 0 bridgehead atoms. The summed E-state index contributed by atoms with van der Waals surface area (Å²) in [5.41, 5.74) is 4.89. The number of halogens is 1. The van der Waals surface area contributed by atoms with Gasteiger partial charge in [0.2, 0.25) is 5.95 Å². The third-order valence-electron chi connectivity index (χ3n) is 6.72. The molecule has 1 fully saturated rings. The Hall–Kier alpha value is -3.79. The smallest absolute Gasteiger partial charge is 0.229 e. The molecule has 0 atom stereocenters. The van der Waals surface area contributed by atoms with E-state index in [1.807, 2.05) is 55.4 Å². The molecule has 0 amide bonds. The summed E-state index contributed by atoms with van der Waals surface area (Å²) in [5, 5.41) is 11.8. The highest BCUT2D eigenvalue weighted by Gasteiger charge is 2.17. The van der Waals surface area contributed by atoms with Crippen molar-refractivity contribution in [3.63, 3.8) is 0 Å². The number of likely N-dealkylation sites (N-methyl/N-ethyl adjacent to an activating group) is 2. The first kappa shape index (κ1) is 26.8. The molecule has 0 unspecified atom stereocenters. The molecule has 5 rings (SSSR count). The van der Waals surface area contributed by atoms with Crippen LogP contribution in [0.1, 0.15) is 5.56 Å². The van der Waals surface area contributed by atoms with Gasteiger partial charge in [0, 0.05) is 56.1 Å². The van der Waals surface area contributed by atoms with Crippen LogP contribution in [-0.4, -0.2) is 89.6 Å². The quantitative estimate of drug-likeness (QED) is 0.300. The van der Waals surface area contributed by atoms with Crippen molar-refractivity contribution in [1.82, 2.24) is 30.0 Å². The van der Waals surface area contributed by atoms with E-state index in [1.165, 1.54) is 0 Å². The Bertz CT molecular complexity index is 1490. The molecule has 1 aliphatic rings. The van der Waals surface area contributed by atoms with Crippen molar-refractivity contribution >= 4 is 45.7 Å². The number of fused-ring (bicyclic) bond motifs is 1. The van der Waals surface area contributed by atoms with Crippen LogP contribution in [0.3, 0.4) is 0 Å². The number of carbonyl (C=O) groups excluding carboxylic acids is 1. The summed E-state index contributed by atoms with van der Waals surface area (Å²) in [4.78, 5) is 28.7. The van der Waals surface area contributed by atoms with Gasteiger partial charge in [-0.25, -0.2) is 4.98 Å². The average Bonchev–Trinajstić information content (AvgIpc) is 3.38. The molecular weight excluding hydrogens is 512 g/mol. The lowest BCUT2D eigenvalue weighted by Gasteiger charge is -2.34. The molecule has 3 heterocycles. The molecule has 2 aromatic carbocycles. The first-order chi connectivity index (χ1) is 18.9. The van der Waals surface area contributed by atoms with Crippen molar-refractivity contribution in [1.29, 1.82) is 0 Å². The number of nitrogens with one attached hydrogen (secondary N) is 2. The number of H-pyrrole nitrogens is 1. The van der Waals surface area contributed by atoms with E-state index < -0.39 is 0 Å². The lowest BCUT2D eigenvalue weighted by atomic mass is 10.0. The molecule has 2 aromatic heterocycles. The number of hydrogen-bond acceptors (Lipinski definition) is 8.